The Hall–Kier alpha value is -1.72. The third-order valence-corrected chi connectivity index (χ3v) is 8.83. The molecule has 0 aromatic carbocycles. The van der Waals surface area contributed by atoms with E-state index in [1.54, 1.807) is 0 Å². The Labute approximate surface area is 151 Å². The maximum atomic E-state index is 12.7. The van der Waals surface area contributed by atoms with Gasteiger partial charge in [-0.05, 0) is 67.1 Å². The standard InChI is InChI=1S/C20H22O6/c21-12-7-20-5-1-2-10(16(20)19(24)25-12)13-9-4-3-8(11(13)6-20)14-15(9)18(23)26-17(14)22/h8-11,13-16H,1-7H2. The molecule has 5 aliphatic carbocycles. The predicted molar refractivity (Wildman–Crippen MR) is 84.9 cm³/mol. The highest BCUT2D eigenvalue weighted by Gasteiger charge is 2.70. The van der Waals surface area contributed by atoms with E-state index >= 15 is 0 Å². The van der Waals surface area contributed by atoms with Crippen LogP contribution in [0.4, 0.5) is 0 Å². The maximum absolute atomic E-state index is 12.7. The zero-order valence-electron chi connectivity index (χ0n) is 14.5. The fraction of sp³-hybridized carbons (Fsp3) is 0.800. The Kier molecular flexibility index (Phi) is 2.81. The fourth-order valence-corrected chi connectivity index (χ4v) is 8.37. The summed E-state index contributed by atoms with van der Waals surface area (Å²) in [6.07, 6.45) is 5.94. The molecule has 9 atom stereocenters. The third-order valence-electron chi connectivity index (χ3n) is 8.83. The van der Waals surface area contributed by atoms with Crippen molar-refractivity contribution >= 4 is 23.9 Å². The summed E-state index contributed by atoms with van der Waals surface area (Å²) in [5.41, 5.74) is -0.282. The molecule has 9 unspecified atom stereocenters. The molecule has 2 aliphatic heterocycles. The zero-order chi connectivity index (χ0) is 17.8. The molecule has 0 spiro atoms. The van der Waals surface area contributed by atoms with Crippen molar-refractivity contribution in [2.45, 2.75) is 44.9 Å². The number of ether oxygens (including phenoxy) is 2. The van der Waals surface area contributed by atoms with Gasteiger partial charge in [0.2, 0.25) is 0 Å². The van der Waals surface area contributed by atoms with Gasteiger partial charge in [-0.15, -0.1) is 0 Å². The number of cyclic esters (lactones) is 4. The van der Waals surface area contributed by atoms with Crippen molar-refractivity contribution < 1.29 is 28.7 Å². The van der Waals surface area contributed by atoms with Crippen LogP contribution >= 0.6 is 0 Å². The van der Waals surface area contributed by atoms with E-state index in [9.17, 15) is 19.2 Å². The Morgan fingerprint density at radius 3 is 2.31 bits per heavy atom. The van der Waals surface area contributed by atoms with Gasteiger partial charge in [0.1, 0.15) is 0 Å². The van der Waals surface area contributed by atoms with Gasteiger partial charge < -0.3 is 9.47 Å². The van der Waals surface area contributed by atoms with Crippen molar-refractivity contribution in [3.8, 4) is 0 Å². The average Bonchev–Trinajstić information content (AvgIpc) is 2.90. The first kappa shape index (κ1) is 15.3. The minimum Gasteiger partial charge on any atom is -0.393 e. The molecular weight excluding hydrogens is 336 g/mol. The van der Waals surface area contributed by atoms with Crippen LogP contribution in [0.1, 0.15) is 44.9 Å². The summed E-state index contributed by atoms with van der Waals surface area (Å²) >= 11 is 0. The summed E-state index contributed by atoms with van der Waals surface area (Å²) in [5.74, 6) is -1.12. The molecule has 7 fully saturated rings. The molecule has 7 rings (SSSR count). The number of rotatable bonds is 0. The lowest BCUT2D eigenvalue weighted by molar-refractivity contribution is -0.214. The highest BCUT2D eigenvalue weighted by atomic mass is 16.6. The molecule has 5 saturated carbocycles. The van der Waals surface area contributed by atoms with E-state index in [0.29, 0.717) is 12.3 Å². The van der Waals surface area contributed by atoms with Crippen LogP contribution in [0.15, 0.2) is 0 Å². The fourth-order valence-electron chi connectivity index (χ4n) is 8.37. The molecule has 0 N–H and O–H groups in total. The van der Waals surface area contributed by atoms with Gasteiger partial charge >= 0.3 is 23.9 Å². The van der Waals surface area contributed by atoms with E-state index in [1.165, 1.54) is 0 Å². The summed E-state index contributed by atoms with van der Waals surface area (Å²) in [6.45, 7) is 0. The smallest absolute Gasteiger partial charge is 0.317 e. The van der Waals surface area contributed by atoms with Gasteiger partial charge in [0.15, 0.2) is 0 Å². The molecule has 4 bridgehead atoms. The van der Waals surface area contributed by atoms with Gasteiger partial charge in [0.05, 0.1) is 24.2 Å². The molecule has 138 valence electrons. The lowest BCUT2D eigenvalue weighted by atomic mass is 9.38. The third kappa shape index (κ3) is 1.65. The van der Waals surface area contributed by atoms with Crippen LogP contribution in [0, 0.1) is 52.8 Å². The molecule has 6 heteroatoms. The van der Waals surface area contributed by atoms with Gasteiger partial charge in [0.25, 0.3) is 0 Å². The summed E-state index contributed by atoms with van der Waals surface area (Å²) < 4.78 is 10.1. The number of hydrogen-bond acceptors (Lipinski definition) is 6. The SMILES string of the molecule is O=C1CC23CCCC(C4C(C2)C2CCC4C4C(=O)OC(=O)C24)C3C(=O)O1. The highest BCUT2D eigenvalue weighted by molar-refractivity contribution is 5.97. The number of fused-ring (bicyclic) bond motifs is 1. The lowest BCUT2D eigenvalue weighted by Crippen LogP contribution is -2.64. The monoisotopic (exact) mass is 358 g/mol. The van der Waals surface area contributed by atoms with E-state index in [1.807, 2.05) is 0 Å². The van der Waals surface area contributed by atoms with Gasteiger partial charge in [-0.3, -0.25) is 19.2 Å². The Morgan fingerprint density at radius 1 is 0.769 bits per heavy atom. The number of carbonyl (C=O) groups excluding carboxylic acids is 4. The Morgan fingerprint density at radius 2 is 1.50 bits per heavy atom. The van der Waals surface area contributed by atoms with Crippen molar-refractivity contribution in [1.82, 2.24) is 0 Å². The van der Waals surface area contributed by atoms with Gasteiger partial charge in [-0.25, -0.2) is 0 Å². The molecule has 0 aromatic heterocycles. The second-order valence-electron chi connectivity index (χ2n) is 9.51. The highest BCUT2D eigenvalue weighted by Crippen LogP contribution is 2.70. The van der Waals surface area contributed by atoms with E-state index < -0.39 is 0 Å². The second-order valence-corrected chi connectivity index (χ2v) is 9.51. The maximum Gasteiger partial charge on any atom is 0.317 e. The lowest BCUT2D eigenvalue weighted by Gasteiger charge is -2.65. The normalized spacial score (nSPS) is 54.2. The minimum absolute atomic E-state index is 0.139. The molecule has 0 radical (unpaired) electrons. The number of esters is 4. The van der Waals surface area contributed by atoms with Crippen molar-refractivity contribution in [1.29, 1.82) is 0 Å². The molecular formula is C20H22O6. The van der Waals surface area contributed by atoms with Crippen LogP contribution in [0.25, 0.3) is 0 Å². The van der Waals surface area contributed by atoms with Gasteiger partial charge in [0, 0.05) is 0 Å². The van der Waals surface area contributed by atoms with Crippen molar-refractivity contribution in [3.05, 3.63) is 0 Å². The topological polar surface area (TPSA) is 86.7 Å². The second kappa shape index (κ2) is 4.76. The van der Waals surface area contributed by atoms with Crippen LogP contribution in [0.5, 0.6) is 0 Å². The van der Waals surface area contributed by atoms with Crippen LogP contribution in [-0.4, -0.2) is 23.9 Å². The quantitative estimate of drug-likeness (QED) is 0.485. The largest absolute Gasteiger partial charge is 0.393 e. The van der Waals surface area contributed by atoms with Crippen LogP contribution in [-0.2, 0) is 28.7 Å². The summed E-state index contributed by atoms with van der Waals surface area (Å²) in [6, 6.07) is 0. The van der Waals surface area contributed by atoms with E-state index in [-0.39, 0.29) is 70.7 Å². The van der Waals surface area contributed by atoms with Crippen LogP contribution < -0.4 is 0 Å². The molecule has 0 amide bonds. The van der Waals surface area contributed by atoms with Crippen molar-refractivity contribution in [2.24, 2.45) is 52.8 Å². The van der Waals surface area contributed by atoms with Gasteiger partial charge in [-0.2, -0.15) is 0 Å². The average molecular weight is 358 g/mol. The minimum atomic E-state index is -0.389. The first-order valence-electron chi connectivity index (χ1n) is 10.0. The van der Waals surface area contributed by atoms with E-state index in [0.717, 1.165) is 38.5 Å². The molecule has 7 aliphatic rings. The summed E-state index contributed by atoms with van der Waals surface area (Å²) in [7, 11) is 0. The Bertz CT molecular complexity index is 757. The first-order chi connectivity index (χ1) is 12.5. The van der Waals surface area contributed by atoms with E-state index in [2.05, 4.69) is 0 Å². The number of carbonyl (C=O) groups is 4. The van der Waals surface area contributed by atoms with Gasteiger partial charge in [-0.1, -0.05) is 6.42 Å². The van der Waals surface area contributed by atoms with Crippen molar-refractivity contribution in [2.75, 3.05) is 0 Å². The molecule has 2 heterocycles. The van der Waals surface area contributed by atoms with E-state index in [4.69, 9.17) is 9.47 Å². The van der Waals surface area contributed by atoms with Crippen LogP contribution in [0.2, 0.25) is 0 Å². The first-order valence-corrected chi connectivity index (χ1v) is 10.0. The van der Waals surface area contributed by atoms with Crippen LogP contribution in [0.3, 0.4) is 0 Å². The summed E-state index contributed by atoms with van der Waals surface area (Å²) in [5, 5.41) is 0. The predicted octanol–water partition coefficient (Wildman–Crippen LogP) is 1.85. The zero-order valence-corrected chi connectivity index (χ0v) is 14.5. The van der Waals surface area contributed by atoms with Crippen molar-refractivity contribution in [3.63, 3.8) is 0 Å². The molecule has 26 heavy (non-hydrogen) atoms. The molecule has 2 saturated heterocycles. The number of hydrogen-bond donors (Lipinski definition) is 0. The Balaban J connectivity index is 1.47. The molecule has 6 nitrogen and oxygen atoms in total. The molecule has 0 aromatic rings. The summed E-state index contributed by atoms with van der Waals surface area (Å²) in [4.78, 5) is 49.5.